The van der Waals surface area contributed by atoms with Crippen LogP contribution >= 0.6 is 12.4 Å². The highest BCUT2D eigenvalue weighted by atomic mass is 35.5. The Morgan fingerprint density at radius 2 is 2.00 bits per heavy atom. The minimum Gasteiger partial charge on any atom is -0.374 e. The molecule has 0 aromatic carbocycles. The van der Waals surface area contributed by atoms with E-state index in [1.807, 2.05) is 0 Å². The first-order valence-electron chi connectivity index (χ1n) is 3.51. The summed E-state index contributed by atoms with van der Waals surface area (Å²) in [5.41, 5.74) is 0. The van der Waals surface area contributed by atoms with Crippen molar-refractivity contribution < 1.29 is 0 Å². The van der Waals surface area contributed by atoms with Gasteiger partial charge in [-0.25, -0.2) is 0 Å². The van der Waals surface area contributed by atoms with E-state index in [1.165, 1.54) is 0 Å². The molecule has 3 heteroatoms. The van der Waals surface area contributed by atoms with Crippen LogP contribution in [0.3, 0.4) is 0 Å². The van der Waals surface area contributed by atoms with Crippen LogP contribution in [0.15, 0.2) is 0 Å². The lowest BCUT2D eigenvalue weighted by molar-refractivity contribution is 0.365. The van der Waals surface area contributed by atoms with Gasteiger partial charge in [-0.3, -0.25) is 5.41 Å². The monoisotopic (exact) mass is 162 g/mol. The molecule has 0 unspecified atom stereocenters. The van der Waals surface area contributed by atoms with E-state index in [1.54, 1.807) is 0 Å². The highest BCUT2D eigenvalue weighted by molar-refractivity contribution is 5.85. The summed E-state index contributed by atoms with van der Waals surface area (Å²) in [5, 5.41) is 10.3. The van der Waals surface area contributed by atoms with Crippen molar-refractivity contribution in [3.8, 4) is 0 Å². The molecule has 1 fully saturated rings. The van der Waals surface area contributed by atoms with Gasteiger partial charge in [-0.1, -0.05) is 13.8 Å². The number of rotatable bonds is 0. The molecule has 1 aliphatic heterocycles. The van der Waals surface area contributed by atoms with Gasteiger partial charge in [-0.2, -0.15) is 0 Å². The molecule has 10 heavy (non-hydrogen) atoms. The van der Waals surface area contributed by atoms with Gasteiger partial charge < -0.3 is 5.32 Å². The van der Waals surface area contributed by atoms with E-state index < -0.39 is 0 Å². The second kappa shape index (κ2) is 3.81. The smallest absolute Gasteiger partial charge is 0.0934 e. The van der Waals surface area contributed by atoms with E-state index in [-0.39, 0.29) is 12.4 Å². The van der Waals surface area contributed by atoms with Gasteiger partial charge in [0.15, 0.2) is 0 Å². The van der Waals surface area contributed by atoms with E-state index in [4.69, 9.17) is 5.41 Å². The van der Waals surface area contributed by atoms with Crippen LogP contribution in [0.1, 0.15) is 20.3 Å². The first kappa shape index (κ1) is 9.76. The van der Waals surface area contributed by atoms with Crippen LogP contribution in [0.25, 0.3) is 0 Å². The van der Waals surface area contributed by atoms with Gasteiger partial charge in [-0.15, -0.1) is 12.4 Å². The second-order valence-corrected chi connectivity index (χ2v) is 3.02. The van der Waals surface area contributed by atoms with Gasteiger partial charge in [0.1, 0.15) is 0 Å². The van der Waals surface area contributed by atoms with Gasteiger partial charge >= 0.3 is 0 Å². The van der Waals surface area contributed by atoms with Crippen molar-refractivity contribution in [3.63, 3.8) is 0 Å². The summed E-state index contributed by atoms with van der Waals surface area (Å²) in [7, 11) is 0. The summed E-state index contributed by atoms with van der Waals surface area (Å²) in [6.45, 7) is 5.42. The maximum Gasteiger partial charge on any atom is 0.0934 e. The molecule has 0 aromatic heterocycles. The lowest BCUT2D eigenvalue weighted by Crippen LogP contribution is -2.37. The maximum absolute atomic E-state index is 7.30. The normalized spacial score (nSPS) is 32.4. The Labute approximate surface area is 68.3 Å². The van der Waals surface area contributed by atoms with Crippen molar-refractivity contribution >= 4 is 18.2 Å². The number of nitrogens with one attached hydrogen (secondary N) is 2. The zero-order valence-corrected chi connectivity index (χ0v) is 7.29. The molecule has 2 atom stereocenters. The number of hydrogen-bond donors (Lipinski definition) is 2. The number of halogens is 1. The van der Waals surface area contributed by atoms with Crippen LogP contribution < -0.4 is 5.32 Å². The van der Waals surface area contributed by atoms with Crippen molar-refractivity contribution in [1.29, 1.82) is 5.41 Å². The highest BCUT2D eigenvalue weighted by Gasteiger charge is 2.18. The van der Waals surface area contributed by atoms with Crippen LogP contribution in [-0.4, -0.2) is 12.4 Å². The Balaban J connectivity index is 0.000000810. The summed E-state index contributed by atoms with van der Waals surface area (Å²) >= 11 is 0. The largest absolute Gasteiger partial charge is 0.374 e. The SMILES string of the molecule is C[C@@H]1CNC(=N)C[C@H]1C.Cl. The van der Waals surface area contributed by atoms with E-state index in [9.17, 15) is 0 Å². The molecule has 0 spiro atoms. The fourth-order valence-corrected chi connectivity index (χ4v) is 1.08. The van der Waals surface area contributed by atoms with E-state index >= 15 is 0 Å². The molecule has 0 amide bonds. The molecule has 0 aromatic rings. The Bertz CT molecular complexity index is 125. The minimum atomic E-state index is 0. The van der Waals surface area contributed by atoms with Crippen LogP contribution in [0.2, 0.25) is 0 Å². The molecule has 60 valence electrons. The average molecular weight is 163 g/mol. The zero-order valence-electron chi connectivity index (χ0n) is 6.48. The van der Waals surface area contributed by atoms with Crippen molar-refractivity contribution in [2.45, 2.75) is 20.3 Å². The van der Waals surface area contributed by atoms with Crippen LogP contribution in [0, 0.1) is 17.2 Å². The summed E-state index contributed by atoms with van der Waals surface area (Å²) in [6, 6.07) is 0. The number of amidine groups is 1. The molecule has 1 heterocycles. The molecule has 1 saturated heterocycles. The highest BCUT2D eigenvalue weighted by Crippen LogP contribution is 2.17. The zero-order chi connectivity index (χ0) is 6.85. The predicted octanol–water partition coefficient (Wildman–Crippen LogP) is 1.65. The van der Waals surface area contributed by atoms with Crippen LogP contribution in [-0.2, 0) is 0 Å². The molecule has 0 bridgehead atoms. The lowest BCUT2D eigenvalue weighted by atomic mass is 9.89. The molecule has 0 saturated carbocycles. The molecule has 1 rings (SSSR count). The third-order valence-electron chi connectivity index (χ3n) is 2.13. The predicted molar refractivity (Wildman–Crippen MR) is 45.9 cm³/mol. The third-order valence-corrected chi connectivity index (χ3v) is 2.13. The quantitative estimate of drug-likeness (QED) is 0.559. The summed E-state index contributed by atoms with van der Waals surface area (Å²) in [4.78, 5) is 0. The topological polar surface area (TPSA) is 35.9 Å². The third kappa shape index (κ3) is 2.18. The fraction of sp³-hybridized carbons (Fsp3) is 0.857. The van der Waals surface area contributed by atoms with Gasteiger partial charge in [-0.05, 0) is 11.8 Å². The Morgan fingerprint density at radius 1 is 1.40 bits per heavy atom. The molecular weight excluding hydrogens is 148 g/mol. The first-order chi connectivity index (χ1) is 4.20. The molecule has 0 radical (unpaired) electrons. The van der Waals surface area contributed by atoms with E-state index in [2.05, 4.69) is 19.2 Å². The fourth-order valence-electron chi connectivity index (χ4n) is 1.08. The molecular formula is C7H15ClN2. The molecule has 1 aliphatic rings. The van der Waals surface area contributed by atoms with Crippen molar-refractivity contribution in [2.75, 3.05) is 6.54 Å². The summed E-state index contributed by atoms with van der Waals surface area (Å²) < 4.78 is 0. The number of hydrogen-bond acceptors (Lipinski definition) is 1. The molecule has 2 nitrogen and oxygen atoms in total. The van der Waals surface area contributed by atoms with Gasteiger partial charge in [0.05, 0.1) is 5.84 Å². The van der Waals surface area contributed by atoms with Crippen molar-refractivity contribution in [3.05, 3.63) is 0 Å². The van der Waals surface area contributed by atoms with Gasteiger partial charge in [0.25, 0.3) is 0 Å². The Kier molecular flexibility index (Phi) is 3.72. The van der Waals surface area contributed by atoms with Crippen LogP contribution in [0.5, 0.6) is 0 Å². The lowest BCUT2D eigenvalue weighted by Gasteiger charge is -2.27. The van der Waals surface area contributed by atoms with Crippen LogP contribution in [0.4, 0.5) is 0 Å². The molecule has 2 N–H and O–H groups in total. The van der Waals surface area contributed by atoms with Crippen molar-refractivity contribution in [2.24, 2.45) is 11.8 Å². The summed E-state index contributed by atoms with van der Waals surface area (Å²) in [5.74, 6) is 2.14. The van der Waals surface area contributed by atoms with Crippen molar-refractivity contribution in [1.82, 2.24) is 5.32 Å². The summed E-state index contributed by atoms with van der Waals surface area (Å²) in [6.07, 6.45) is 0.932. The minimum absolute atomic E-state index is 0. The second-order valence-electron chi connectivity index (χ2n) is 3.02. The maximum atomic E-state index is 7.30. The average Bonchev–Trinajstić information content (AvgIpc) is 1.80. The van der Waals surface area contributed by atoms with Gasteiger partial charge in [0, 0.05) is 13.0 Å². The standard InChI is InChI=1S/C7H14N2.ClH/c1-5-3-7(8)9-4-6(5)2;/h5-6H,3-4H2,1-2H3,(H2,8,9);1H/t5-,6-;/m1./s1. The first-order valence-corrected chi connectivity index (χ1v) is 3.51. The van der Waals surface area contributed by atoms with E-state index in [0.717, 1.165) is 18.9 Å². The van der Waals surface area contributed by atoms with Gasteiger partial charge in [0.2, 0.25) is 0 Å². The molecule has 0 aliphatic carbocycles. The van der Waals surface area contributed by atoms with E-state index in [0.29, 0.717) is 11.8 Å². The Morgan fingerprint density at radius 3 is 2.40 bits per heavy atom. The Hall–Kier alpha value is -0.240. The number of piperidine rings is 1.